The van der Waals surface area contributed by atoms with Gasteiger partial charge in [0.25, 0.3) is 5.76 Å². The largest absolute Gasteiger partial charge is 0.324 e. The van der Waals surface area contributed by atoms with Crippen molar-refractivity contribution in [3.8, 4) is 0 Å². The number of rotatable bonds is 3. The Morgan fingerprint density at radius 3 is 2.46 bits per heavy atom. The van der Waals surface area contributed by atoms with Gasteiger partial charge in [0.15, 0.2) is 0 Å². The zero-order valence-corrected chi connectivity index (χ0v) is 8.02. The van der Waals surface area contributed by atoms with Crippen LogP contribution >= 0.6 is 11.8 Å². The standard InChI is InChI=1S/C9H11F2NS/c1-6(12)7-4-2-3-5-8(7)13-9(10)11/h2-6,9H,12H2,1H3. The first-order chi connectivity index (χ1) is 6.11. The van der Waals surface area contributed by atoms with Gasteiger partial charge in [-0.25, -0.2) is 0 Å². The Hall–Kier alpha value is -0.610. The van der Waals surface area contributed by atoms with Gasteiger partial charge in [-0.15, -0.1) is 0 Å². The third-order valence-electron chi connectivity index (χ3n) is 1.63. The van der Waals surface area contributed by atoms with E-state index in [-0.39, 0.29) is 6.04 Å². The topological polar surface area (TPSA) is 26.0 Å². The summed E-state index contributed by atoms with van der Waals surface area (Å²) in [5, 5.41) is 0. The minimum atomic E-state index is -2.39. The van der Waals surface area contributed by atoms with Gasteiger partial charge in [-0.1, -0.05) is 30.0 Å². The van der Waals surface area contributed by atoms with Crippen molar-refractivity contribution < 1.29 is 8.78 Å². The molecule has 0 saturated carbocycles. The summed E-state index contributed by atoms with van der Waals surface area (Å²) < 4.78 is 24.2. The molecule has 1 aromatic rings. The molecule has 0 bridgehead atoms. The molecule has 4 heteroatoms. The first-order valence-electron chi connectivity index (χ1n) is 3.90. The second-order valence-corrected chi connectivity index (χ2v) is 3.74. The Balaban J connectivity index is 2.91. The summed E-state index contributed by atoms with van der Waals surface area (Å²) in [6.45, 7) is 1.78. The Labute approximate surface area is 80.3 Å². The molecule has 0 fully saturated rings. The van der Waals surface area contributed by atoms with Gasteiger partial charge >= 0.3 is 0 Å². The normalized spacial score (nSPS) is 13.3. The molecule has 1 rings (SSSR count). The average molecular weight is 203 g/mol. The van der Waals surface area contributed by atoms with Crippen LogP contribution in [0, 0.1) is 0 Å². The quantitative estimate of drug-likeness (QED) is 0.764. The summed E-state index contributed by atoms with van der Waals surface area (Å²) in [7, 11) is 0. The second kappa shape index (κ2) is 4.58. The van der Waals surface area contributed by atoms with Crippen molar-refractivity contribution in [3.05, 3.63) is 29.8 Å². The molecule has 0 saturated heterocycles. The summed E-state index contributed by atoms with van der Waals surface area (Å²) >= 11 is 0.540. The van der Waals surface area contributed by atoms with E-state index in [1.54, 1.807) is 31.2 Å². The van der Waals surface area contributed by atoms with Gasteiger partial charge in [0.05, 0.1) is 0 Å². The monoisotopic (exact) mass is 203 g/mol. The molecule has 0 aliphatic carbocycles. The van der Waals surface area contributed by atoms with Crippen molar-refractivity contribution in [2.75, 3.05) is 0 Å². The van der Waals surface area contributed by atoms with E-state index in [4.69, 9.17) is 5.73 Å². The molecule has 2 N–H and O–H groups in total. The van der Waals surface area contributed by atoms with E-state index in [0.29, 0.717) is 16.7 Å². The zero-order valence-electron chi connectivity index (χ0n) is 7.21. The van der Waals surface area contributed by atoms with Crippen LogP contribution in [0.4, 0.5) is 8.78 Å². The molecular weight excluding hydrogens is 192 g/mol. The molecule has 0 radical (unpaired) electrons. The van der Waals surface area contributed by atoms with E-state index in [1.165, 1.54) is 0 Å². The highest BCUT2D eigenvalue weighted by Crippen LogP contribution is 2.30. The minimum Gasteiger partial charge on any atom is -0.324 e. The number of nitrogens with two attached hydrogens (primary N) is 1. The van der Waals surface area contributed by atoms with Crippen LogP contribution in [0.25, 0.3) is 0 Å². The molecular formula is C9H11F2NS. The van der Waals surface area contributed by atoms with Crippen LogP contribution in [-0.4, -0.2) is 5.76 Å². The molecule has 13 heavy (non-hydrogen) atoms. The smallest absolute Gasteiger partial charge is 0.288 e. The number of alkyl halides is 2. The van der Waals surface area contributed by atoms with Crippen molar-refractivity contribution >= 4 is 11.8 Å². The van der Waals surface area contributed by atoms with E-state index in [0.717, 1.165) is 5.56 Å². The molecule has 0 amide bonds. The van der Waals surface area contributed by atoms with Crippen molar-refractivity contribution in [1.82, 2.24) is 0 Å². The number of hydrogen-bond acceptors (Lipinski definition) is 2. The Kier molecular flexibility index (Phi) is 3.69. The maximum atomic E-state index is 12.1. The van der Waals surface area contributed by atoms with Crippen molar-refractivity contribution in [1.29, 1.82) is 0 Å². The highest BCUT2D eigenvalue weighted by Gasteiger charge is 2.11. The van der Waals surface area contributed by atoms with Gasteiger partial charge in [-0.2, -0.15) is 8.78 Å². The SMILES string of the molecule is CC(N)c1ccccc1SC(F)F. The van der Waals surface area contributed by atoms with Crippen LogP contribution in [0.15, 0.2) is 29.2 Å². The summed E-state index contributed by atoms with van der Waals surface area (Å²) in [6, 6.07) is 6.76. The fraction of sp³-hybridized carbons (Fsp3) is 0.333. The number of halogens is 2. The highest BCUT2D eigenvalue weighted by atomic mass is 32.2. The fourth-order valence-corrected chi connectivity index (χ4v) is 1.80. The second-order valence-electron chi connectivity index (χ2n) is 2.71. The molecule has 72 valence electrons. The summed E-state index contributed by atoms with van der Waals surface area (Å²) in [5.41, 5.74) is 6.40. The van der Waals surface area contributed by atoms with Crippen LogP contribution in [0.2, 0.25) is 0 Å². The Bertz CT molecular complexity index is 276. The molecule has 1 nitrogen and oxygen atoms in total. The molecule has 1 atom stereocenters. The number of thioether (sulfide) groups is 1. The minimum absolute atomic E-state index is 0.206. The highest BCUT2D eigenvalue weighted by molar-refractivity contribution is 7.99. The molecule has 0 aromatic heterocycles. The lowest BCUT2D eigenvalue weighted by molar-refractivity contribution is 0.252. The maximum Gasteiger partial charge on any atom is 0.288 e. The first kappa shape index (κ1) is 10.5. The van der Waals surface area contributed by atoms with Crippen molar-refractivity contribution in [2.24, 2.45) is 5.73 Å². The Morgan fingerprint density at radius 2 is 1.92 bits per heavy atom. The fourth-order valence-electron chi connectivity index (χ4n) is 1.06. The van der Waals surface area contributed by atoms with Gasteiger partial charge in [0, 0.05) is 10.9 Å². The van der Waals surface area contributed by atoms with Crippen LogP contribution in [-0.2, 0) is 0 Å². The average Bonchev–Trinajstić information content (AvgIpc) is 2.03. The van der Waals surface area contributed by atoms with Crippen LogP contribution in [0.3, 0.4) is 0 Å². The molecule has 1 unspecified atom stereocenters. The lowest BCUT2D eigenvalue weighted by Crippen LogP contribution is -2.06. The van der Waals surface area contributed by atoms with Gasteiger partial charge in [-0.05, 0) is 18.6 Å². The van der Waals surface area contributed by atoms with E-state index in [2.05, 4.69) is 0 Å². The molecule has 0 aliphatic heterocycles. The molecule has 0 spiro atoms. The Morgan fingerprint density at radius 1 is 1.31 bits per heavy atom. The zero-order chi connectivity index (χ0) is 9.84. The number of benzene rings is 1. The summed E-state index contributed by atoms with van der Waals surface area (Å²) in [6.07, 6.45) is 0. The lowest BCUT2D eigenvalue weighted by atomic mass is 10.1. The van der Waals surface area contributed by atoms with Crippen molar-refractivity contribution in [2.45, 2.75) is 23.6 Å². The van der Waals surface area contributed by atoms with Crippen LogP contribution in [0.1, 0.15) is 18.5 Å². The summed E-state index contributed by atoms with van der Waals surface area (Å²) in [5.74, 6) is -2.39. The van der Waals surface area contributed by atoms with Gasteiger partial charge < -0.3 is 5.73 Å². The molecule has 0 aliphatic rings. The van der Waals surface area contributed by atoms with E-state index in [1.807, 2.05) is 0 Å². The third-order valence-corrected chi connectivity index (χ3v) is 2.43. The van der Waals surface area contributed by atoms with Crippen LogP contribution in [0.5, 0.6) is 0 Å². The first-order valence-corrected chi connectivity index (χ1v) is 4.78. The van der Waals surface area contributed by atoms with E-state index in [9.17, 15) is 8.78 Å². The van der Waals surface area contributed by atoms with Crippen molar-refractivity contribution in [3.63, 3.8) is 0 Å². The number of hydrogen-bond donors (Lipinski definition) is 1. The van der Waals surface area contributed by atoms with Gasteiger partial charge in [0.1, 0.15) is 0 Å². The third kappa shape index (κ3) is 2.97. The van der Waals surface area contributed by atoms with E-state index >= 15 is 0 Å². The predicted molar refractivity (Wildman–Crippen MR) is 50.9 cm³/mol. The van der Waals surface area contributed by atoms with E-state index < -0.39 is 5.76 Å². The summed E-state index contributed by atoms with van der Waals surface area (Å²) in [4.78, 5) is 0.563. The lowest BCUT2D eigenvalue weighted by Gasteiger charge is -2.10. The maximum absolute atomic E-state index is 12.1. The van der Waals surface area contributed by atoms with Crippen LogP contribution < -0.4 is 5.73 Å². The van der Waals surface area contributed by atoms with Gasteiger partial charge in [0.2, 0.25) is 0 Å². The predicted octanol–water partition coefficient (Wildman–Crippen LogP) is 3.02. The molecule has 1 aromatic carbocycles. The molecule has 0 heterocycles. The van der Waals surface area contributed by atoms with Gasteiger partial charge in [-0.3, -0.25) is 0 Å².